The quantitative estimate of drug-likeness (QED) is 0.864. The van der Waals surface area contributed by atoms with Crippen molar-refractivity contribution in [3.8, 4) is 5.75 Å². The minimum absolute atomic E-state index is 0.153. The summed E-state index contributed by atoms with van der Waals surface area (Å²) >= 11 is 0. The molecule has 2 N–H and O–H groups in total. The van der Waals surface area contributed by atoms with E-state index in [0.29, 0.717) is 11.4 Å². The van der Waals surface area contributed by atoms with Gasteiger partial charge in [0.2, 0.25) is 5.91 Å². The van der Waals surface area contributed by atoms with E-state index in [-0.39, 0.29) is 12.2 Å². The SMILES string of the molecule is COc1ccc(NCC(=O)Nc2ccccc2C(F)(F)F)c(C)c1. The minimum Gasteiger partial charge on any atom is -0.497 e. The highest BCUT2D eigenvalue weighted by Crippen LogP contribution is 2.34. The first-order valence-electron chi connectivity index (χ1n) is 7.16. The van der Waals surface area contributed by atoms with Crippen molar-refractivity contribution < 1.29 is 22.7 Å². The molecule has 0 unspecified atom stereocenters. The number of amides is 1. The molecule has 2 aromatic rings. The van der Waals surface area contributed by atoms with Crippen LogP contribution in [0.4, 0.5) is 24.5 Å². The van der Waals surface area contributed by atoms with Crippen molar-refractivity contribution in [1.29, 1.82) is 0 Å². The number of rotatable bonds is 5. The number of anilines is 2. The molecule has 128 valence electrons. The number of ether oxygens (including phenoxy) is 1. The average molecular weight is 338 g/mol. The molecule has 2 rings (SSSR count). The van der Waals surface area contributed by atoms with Crippen molar-refractivity contribution >= 4 is 17.3 Å². The molecule has 0 radical (unpaired) electrons. The molecule has 0 spiro atoms. The molecule has 7 heteroatoms. The molecule has 0 aliphatic carbocycles. The van der Waals surface area contributed by atoms with E-state index >= 15 is 0 Å². The van der Waals surface area contributed by atoms with Gasteiger partial charge in [0, 0.05) is 5.69 Å². The first-order valence-corrected chi connectivity index (χ1v) is 7.16. The third-order valence-electron chi connectivity index (χ3n) is 3.38. The van der Waals surface area contributed by atoms with Gasteiger partial charge in [-0.1, -0.05) is 12.1 Å². The smallest absolute Gasteiger partial charge is 0.418 e. The van der Waals surface area contributed by atoms with Crippen molar-refractivity contribution in [2.75, 3.05) is 24.3 Å². The van der Waals surface area contributed by atoms with Gasteiger partial charge in [0.25, 0.3) is 0 Å². The first kappa shape index (κ1) is 17.7. The zero-order valence-corrected chi connectivity index (χ0v) is 13.2. The molecule has 4 nitrogen and oxygen atoms in total. The van der Waals surface area contributed by atoms with E-state index in [1.165, 1.54) is 18.2 Å². The molecular formula is C17H17F3N2O2. The number of nitrogens with one attached hydrogen (secondary N) is 2. The summed E-state index contributed by atoms with van der Waals surface area (Å²) < 4.78 is 43.8. The largest absolute Gasteiger partial charge is 0.497 e. The zero-order valence-electron chi connectivity index (χ0n) is 13.2. The van der Waals surface area contributed by atoms with Crippen LogP contribution in [0.25, 0.3) is 0 Å². The number of hydrogen-bond acceptors (Lipinski definition) is 3. The van der Waals surface area contributed by atoms with Crippen LogP contribution in [0, 0.1) is 6.92 Å². The summed E-state index contributed by atoms with van der Waals surface area (Å²) in [6, 6.07) is 10.1. The lowest BCUT2D eigenvalue weighted by molar-refractivity contribution is -0.137. The summed E-state index contributed by atoms with van der Waals surface area (Å²) in [6.45, 7) is 1.68. The number of benzene rings is 2. The van der Waals surface area contributed by atoms with Crippen molar-refractivity contribution in [3.05, 3.63) is 53.6 Å². The van der Waals surface area contributed by atoms with Gasteiger partial charge in [0.15, 0.2) is 0 Å². The van der Waals surface area contributed by atoms with Crippen molar-refractivity contribution in [2.24, 2.45) is 0 Å². The molecule has 0 aromatic heterocycles. The maximum atomic E-state index is 12.9. The third kappa shape index (κ3) is 4.41. The van der Waals surface area contributed by atoms with Crippen molar-refractivity contribution in [2.45, 2.75) is 13.1 Å². The summed E-state index contributed by atoms with van der Waals surface area (Å²) in [5, 5.41) is 5.18. The molecular weight excluding hydrogens is 321 g/mol. The second kappa shape index (κ2) is 7.25. The highest BCUT2D eigenvalue weighted by Gasteiger charge is 2.33. The van der Waals surface area contributed by atoms with E-state index in [9.17, 15) is 18.0 Å². The topological polar surface area (TPSA) is 50.4 Å². The molecule has 2 aromatic carbocycles. The second-order valence-corrected chi connectivity index (χ2v) is 5.13. The van der Waals surface area contributed by atoms with Gasteiger partial charge in [-0.2, -0.15) is 13.2 Å². The Morgan fingerprint density at radius 3 is 2.46 bits per heavy atom. The Balaban J connectivity index is 2.02. The summed E-state index contributed by atoms with van der Waals surface area (Å²) in [4.78, 5) is 11.9. The van der Waals surface area contributed by atoms with Crippen LogP contribution < -0.4 is 15.4 Å². The number of para-hydroxylation sites is 1. The van der Waals surface area contributed by atoms with Crippen LogP contribution in [0.1, 0.15) is 11.1 Å². The normalized spacial score (nSPS) is 11.0. The fourth-order valence-corrected chi connectivity index (χ4v) is 2.17. The Hall–Kier alpha value is -2.70. The highest BCUT2D eigenvalue weighted by atomic mass is 19.4. The number of aryl methyl sites for hydroxylation is 1. The average Bonchev–Trinajstić information content (AvgIpc) is 2.53. The highest BCUT2D eigenvalue weighted by molar-refractivity contribution is 5.94. The minimum atomic E-state index is -4.52. The lowest BCUT2D eigenvalue weighted by Crippen LogP contribution is -2.23. The summed E-state index contributed by atoms with van der Waals surface area (Å²) in [5.41, 5.74) is 0.426. The van der Waals surface area contributed by atoms with E-state index < -0.39 is 17.6 Å². The van der Waals surface area contributed by atoms with E-state index in [2.05, 4.69) is 10.6 Å². The van der Waals surface area contributed by atoms with Gasteiger partial charge in [0.05, 0.1) is 24.9 Å². The van der Waals surface area contributed by atoms with Crippen LogP contribution in [-0.4, -0.2) is 19.6 Å². The first-order chi connectivity index (χ1) is 11.3. The van der Waals surface area contributed by atoms with Gasteiger partial charge in [-0.05, 0) is 42.8 Å². The van der Waals surface area contributed by atoms with Gasteiger partial charge >= 0.3 is 6.18 Å². The van der Waals surface area contributed by atoms with Gasteiger partial charge in [-0.25, -0.2) is 0 Å². The van der Waals surface area contributed by atoms with Crippen LogP contribution >= 0.6 is 0 Å². The Bertz CT molecular complexity index is 730. The van der Waals surface area contributed by atoms with Crippen LogP contribution in [0.5, 0.6) is 5.75 Å². The molecule has 0 fully saturated rings. The van der Waals surface area contributed by atoms with Crippen LogP contribution in [0.15, 0.2) is 42.5 Å². The fourth-order valence-electron chi connectivity index (χ4n) is 2.17. The number of alkyl halides is 3. The number of carbonyl (C=O) groups excluding carboxylic acids is 1. The summed E-state index contributed by atoms with van der Waals surface area (Å²) in [6.07, 6.45) is -4.52. The maximum absolute atomic E-state index is 12.9. The Labute approximate surface area is 137 Å². The summed E-state index contributed by atoms with van der Waals surface area (Å²) in [5.74, 6) is 0.114. The van der Waals surface area contributed by atoms with E-state index in [4.69, 9.17) is 4.74 Å². The molecule has 0 bridgehead atoms. The van der Waals surface area contributed by atoms with Crippen LogP contribution in [0.3, 0.4) is 0 Å². The molecule has 0 saturated heterocycles. The van der Waals surface area contributed by atoms with E-state index in [0.717, 1.165) is 11.6 Å². The van der Waals surface area contributed by atoms with Crippen LogP contribution in [-0.2, 0) is 11.0 Å². The molecule has 0 saturated carbocycles. The van der Waals surface area contributed by atoms with Gasteiger partial charge in [-0.3, -0.25) is 4.79 Å². The van der Waals surface area contributed by atoms with Gasteiger partial charge in [0.1, 0.15) is 5.75 Å². The lowest BCUT2D eigenvalue weighted by atomic mass is 10.1. The maximum Gasteiger partial charge on any atom is 0.418 e. The standard InChI is InChI=1S/C17H17F3N2O2/c1-11-9-12(24-2)7-8-14(11)21-10-16(23)22-15-6-4-3-5-13(15)17(18,19)20/h3-9,21H,10H2,1-2H3,(H,22,23). The molecule has 0 aliphatic heterocycles. The predicted octanol–water partition coefficient (Wildman–Crippen LogP) is 4.07. The number of hydrogen-bond donors (Lipinski definition) is 2. The predicted molar refractivity (Wildman–Crippen MR) is 86.3 cm³/mol. The third-order valence-corrected chi connectivity index (χ3v) is 3.38. The Kier molecular flexibility index (Phi) is 5.33. The van der Waals surface area contributed by atoms with Crippen LogP contribution in [0.2, 0.25) is 0 Å². The molecule has 24 heavy (non-hydrogen) atoms. The Morgan fingerprint density at radius 2 is 1.83 bits per heavy atom. The Morgan fingerprint density at radius 1 is 1.12 bits per heavy atom. The van der Waals surface area contributed by atoms with Gasteiger partial charge < -0.3 is 15.4 Å². The molecule has 0 atom stereocenters. The molecule has 0 heterocycles. The van der Waals surface area contributed by atoms with E-state index in [1.807, 2.05) is 6.92 Å². The van der Waals surface area contributed by atoms with Crippen molar-refractivity contribution in [1.82, 2.24) is 0 Å². The van der Waals surface area contributed by atoms with E-state index in [1.54, 1.807) is 25.3 Å². The number of methoxy groups -OCH3 is 1. The fraction of sp³-hybridized carbons (Fsp3) is 0.235. The molecule has 1 amide bonds. The lowest BCUT2D eigenvalue weighted by Gasteiger charge is -2.14. The number of carbonyl (C=O) groups is 1. The summed E-state index contributed by atoms with van der Waals surface area (Å²) in [7, 11) is 1.55. The van der Waals surface area contributed by atoms with Crippen molar-refractivity contribution in [3.63, 3.8) is 0 Å². The number of halogens is 3. The second-order valence-electron chi connectivity index (χ2n) is 5.13. The zero-order chi connectivity index (χ0) is 17.7. The molecule has 0 aliphatic rings. The monoisotopic (exact) mass is 338 g/mol. The van der Waals surface area contributed by atoms with Gasteiger partial charge in [-0.15, -0.1) is 0 Å².